The van der Waals surface area contributed by atoms with E-state index in [1.807, 2.05) is 48.2 Å². The zero-order valence-corrected chi connectivity index (χ0v) is 18.9. The van der Waals surface area contributed by atoms with Crippen LogP contribution in [0.3, 0.4) is 0 Å². The molecular formula is C25H24N4O5. The van der Waals surface area contributed by atoms with Crippen molar-refractivity contribution in [3.63, 3.8) is 0 Å². The number of aromatic nitrogens is 2. The fourth-order valence-corrected chi connectivity index (χ4v) is 4.21. The molecule has 0 bridgehead atoms. The van der Waals surface area contributed by atoms with Crippen molar-refractivity contribution in [3.8, 4) is 17.1 Å². The maximum atomic E-state index is 13.0. The number of ether oxygens (including phenoxy) is 1. The van der Waals surface area contributed by atoms with E-state index in [0.29, 0.717) is 29.7 Å². The first-order chi connectivity index (χ1) is 16.5. The number of rotatable bonds is 5. The van der Waals surface area contributed by atoms with Gasteiger partial charge in [0.25, 0.3) is 0 Å². The molecule has 9 nitrogen and oxygen atoms in total. The van der Waals surface area contributed by atoms with Gasteiger partial charge in [-0.05, 0) is 61.7 Å². The van der Waals surface area contributed by atoms with E-state index in [4.69, 9.17) is 13.7 Å². The molecule has 0 saturated carbocycles. The first-order valence-corrected chi connectivity index (χ1v) is 11.1. The van der Waals surface area contributed by atoms with E-state index in [1.165, 1.54) is 6.07 Å². The average molecular weight is 460 g/mol. The number of carbonyl (C=O) groups excluding carboxylic acids is 1. The van der Waals surface area contributed by atoms with Crippen molar-refractivity contribution >= 4 is 28.6 Å². The molecule has 0 spiro atoms. The fraction of sp³-hybridized carbons (Fsp3) is 0.280. The highest BCUT2D eigenvalue weighted by Gasteiger charge is 2.29. The number of fused-ring (bicyclic) bond motifs is 1. The number of aryl methyl sites for hydroxylation is 1. The highest BCUT2D eigenvalue weighted by Crippen LogP contribution is 2.27. The first kappa shape index (κ1) is 21.7. The Morgan fingerprint density at radius 3 is 2.79 bits per heavy atom. The number of amides is 1. The topological polar surface area (TPSA) is 111 Å². The van der Waals surface area contributed by atoms with Crippen LogP contribution in [0, 0.1) is 12.8 Å². The third-order valence-electron chi connectivity index (χ3n) is 6.05. The Morgan fingerprint density at radius 2 is 2.00 bits per heavy atom. The van der Waals surface area contributed by atoms with E-state index in [2.05, 4.69) is 15.5 Å². The van der Waals surface area contributed by atoms with Crippen LogP contribution in [0.4, 0.5) is 11.7 Å². The van der Waals surface area contributed by atoms with Crippen molar-refractivity contribution in [2.24, 2.45) is 5.92 Å². The Bertz CT molecular complexity index is 1390. The Balaban J connectivity index is 1.28. The second kappa shape index (κ2) is 9.01. The molecule has 2 aromatic carbocycles. The summed E-state index contributed by atoms with van der Waals surface area (Å²) in [6, 6.07) is 14.6. The number of nitrogens with zero attached hydrogens (tertiary/aromatic N) is 3. The van der Waals surface area contributed by atoms with Crippen LogP contribution in [0.25, 0.3) is 22.4 Å². The highest BCUT2D eigenvalue weighted by molar-refractivity contribution is 5.95. The van der Waals surface area contributed by atoms with Crippen molar-refractivity contribution in [2.75, 3.05) is 30.4 Å². The standard InChI is InChI=1S/C25H24N4O5/c1-15-12-22(30)33-21-13-18(7-10-20(15)21)26-24(31)17-4-3-11-29(14-17)25-27-23(28-34-25)16-5-8-19(32-2)9-6-16/h5-10,12-13,17H,3-4,11,14H2,1-2H3,(H,26,31)/t17-/m1/s1. The average Bonchev–Trinajstić information content (AvgIpc) is 3.34. The van der Waals surface area contributed by atoms with E-state index < -0.39 is 5.63 Å². The molecule has 1 aliphatic heterocycles. The van der Waals surface area contributed by atoms with Crippen LogP contribution in [-0.2, 0) is 4.79 Å². The van der Waals surface area contributed by atoms with Crippen LogP contribution in [0.1, 0.15) is 18.4 Å². The zero-order valence-electron chi connectivity index (χ0n) is 18.9. The SMILES string of the molecule is COc1ccc(-c2noc(N3CCC[C@@H](C(=O)Nc4ccc5c(C)cc(=O)oc5c4)C3)n2)cc1. The highest BCUT2D eigenvalue weighted by atomic mass is 16.5. The molecule has 9 heteroatoms. The molecule has 174 valence electrons. The van der Waals surface area contributed by atoms with Gasteiger partial charge < -0.3 is 23.9 Å². The summed E-state index contributed by atoms with van der Waals surface area (Å²) in [5, 5.41) is 7.88. The van der Waals surface area contributed by atoms with Crippen molar-refractivity contribution in [3.05, 3.63) is 64.5 Å². The number of hydrogen-bond donors (Lipinski definition) is 1. The first-order valence-electron chi connectivity index (χ1n) is 11.1. The second-order valence-electron chi connectivity index (χ2n) is 8.36. The number of methoxy groups -OCH3 is 1. The summed E-state index contributed by atoms with van der Waals surface area (Å²) in [6.45, 7) is 3.05. The van der Waals surface area contributed by atoms with Gasteiger partial charge in [-0.1, -0.05) is 5.16 Å². The summed E-state index contributed by atoms with van der Waals surface area (Å²) in [6.07, 6.45) is 1.58. The lowest BCUT2D eigenvalue weighted by atomic mass is 9.97. The van der Waals surface area contributed by atoms with Gasteiger partial charge in [0.05, 0.1) is 13.0 Å². The molecule has 34 heavy (non-hydrogen) atoms. The number of carbonyl (C=O) groups is 1. The van der Waals surface area contributed by atoms with Crippen molar-refractivity contribution in [1.82, 2.24) is 10.1 Å². The molecule has 1 saturated heterocycles. The molecule has 4 aromatic rings. The van der Waals surface area contributed by atoms with E-state index >= 15 is 0 Å². The number of anilines is 2. The zero-order chi connectivity index (χ0) is 23.7. The molecule has 1 amide bonds. The number of nitrogens with one attached hydrogen (secondary N) is 1. The molecule has 1 atom stereocenters. The summed E-state index contributed by atoms with van der Waals surface area (Å²) in [7, 11) is 1.61. The van der Waals surface area contributed by atoms with E-state index in [9.17, 15) is 9.59 Å². The lowest BCUT2D eigenvalue weighted by Gasteiger charge is -2.30. The molecule has 0 radical (unpaired) electrons. The van der Waals surface area contributed by atoms with Gasteiger partial charge in [-0.25, -0.2) is 4.79 Å². The molecule has 1 fully saturated rings. The normalized spacial score (nSPS) is 15.9. The lowest BCUT2D eigenvalue weighted by molar-refractivity contribution is -0.120. The Labute approximate surface area is 195 Å². The third-order valence-corrected chi connectivity index (χ3v) is 6.05. The Hall–Kier alpha value is -4.14. The summed E-state index contributed by atoms with van der Waals surface area (Å²) < 4.78 is 16.0. The van der Waals surface area contributed by atoms with Crippen LogP contribution in [0.15, 0.2) is 62.3 Å². The number of hydrogen-bond acceptors (Lipinski definition) is 8. The summed E-state index contributed by atoms with van der Waals surface area (Å²) in [4.78, 5) is 31.1. The predicted octanol–water partition coefficient (Wildman–Crippen LogP) is 4.02. The third kappa shape index (κ3) is 4.36. The van der Waals surface area contributed by atoms with Gasteiger partial charge in [0.15, 0.2) is 0 Å². The molecule has 5 rings (SSSR count). The van der Waals surface area contributed by atoms with E-state index in [0.717, 1.165) is 41.6 Å². The van der Waals surface area contributed by atoms with Crippen LogP contribution < -0.4 is 20.6 Å². The summed E-state index contributed by atoms with van der Waals surface area (Å²) in [5.74, 6) is 0.887. The smallest absolute Gasteiger partial charge is 0.336 e. The number of piperidine rings is 1. The van der Waals surface area contributed by atoms with E-state index in [1.54, 1.807) is 13.2 Å². The van der Waals surface area contributed by atoms with Crippen molar-refractivity contribution < 1.29 is 18.5 Å². The van der Waals surface area contributed by atoms with Crippen LogP contribution in [-0.4, -0.2) is 36.2 Å². The van der Waals surface area contributed by atoms with E-state index in [-0.39, 0.29) is 11.8 Å². The maximum absolute atomic E-state index is 13.0. The van der Waals surface area contributed by atoms with Gasteiger partial charge >= 0.3 is 11.6 Å². The van der Waals surface area contributed by atoms with Gasteiger partial charge in [0.1, 0.15) is 11.3 Å². The van der Waals surface area contributed by atoms with Gasteiger partial charge in [0.2, 0.25) is 11.7 Å². The molecule has 1 aliphatic rings. The fourth-order valence-electron chi connectivity index (χ4n) is 4.21. The lowest BCUT2D eigenvalue weighted by Crippen LogP contribution is -2.41. The number of benzene rings is 2. The Morgan fingerprint density at radius 1 is 1.18 bits per heavy atom. The minimum absolute atomic E-state index is 0.103. The summed E-state index contributed by atoms with van der Waals surface area (Å²) >= 11 is 0. The quantitative estimate of drug-likeness (QED) is 0.445. The van der Waals surface area contributed by atoms with Crippen LogP contribution >= 0.6 is 0 Å². The second-order valence-corrected chi connectivity index (χ2v) is 8.36. The predicted molar refractivity (Wildman–Crippen MR) is 127 cm³/mol. The molecule has 2 aromatic heterocycles. The van der Waals surface area contributed by atoms with Crippen LogP contribution in [0.5, 0.6) is 5.75 Å². The maximum Gasteiger partial charge on any atom is 0.336 e. The molecule has 3 heterocycles. The van der Waals surface area contributed by atoms with Gasteiger partial charge in [-0.3, -0.25) is 4.79 Å². The molecular weight excluding hydrogens is 436 g/mol. The van der Waals surface area contributed by atoms with Gasteiger partial charge in [-0.15, -0.1) is 0 Å². The minimum atomic E-state index is -0.412. The molecule has 0 aliphatic carbocycles. The largest absolute Gasteiger partial charge is 0.497 e. The molecule has 1 N–H and O–H groups in total. The molecule has 0 unspecified atom stereocenters. The Kier molecular flexibility index (Phi) is 5.75. The van der Waals surface area contributed by atoms with Crippen LogP contribution in [0.2, 0.25) is 0 Å². The minimum Gasteiger partial charge on any atom is -0.497 e. The van der Waals surface area contributed by atoms with Gasteiger partial charge in [-0.2, -0.15) is 4.98 Å². The summed E-state index contributed by atoms with van der Waals surface area (Å²) in [5.41, 5.74) is 2.28. The van der Waals surface area contributed by atoms with Crippen molar-refractivity contribution in [1.29, 1.82) is 0 Å². The monoisotopic (exact) mass is 460 g/mol. The van der Waals surface area contributed by atoms with Crippen molar-refractivity contribution in [2.45, 2.75) is 19.8 Å². The van der Waals surface area contributed by atoms with Gasteiger partial charge in [0, 0.05) is 41.9 Å².